The molecule has 4 rings (SSSR count). The third-order valence-corrected chi connectivity index (χ3v) is 5.86. The molecule has 6 heteroatoms. The maximum absolute atomic E-state index is 6.21. The summed E-state index contributed by atoms with van der Waals surface area (Å²) in [5, 5.41) is 1.14. The molecule has 108 valence electrons. The van der Waals surface area contributed by atoms with Gasteiger partial charge in [-0.25, -0.2) is 9.97 Å². The zero-order chi connectivity index (χ0) is 15.1. The maximum Gasteiger partial charge on any atom is 0.234 e. The number of thiophene rings is 1. The Labute approximate surface area is 144 Å². The Bertz CT molecular complexity index is 943. The lowest BCUT2D eigenvalue weighted by atomic mass is 10.2. The van der Waals surface area contributed by atoms with Gasteiger partial charge in [0.2, 0.25) is 5.95 Å². The molecule has 22 heavy (non-hydrogen) atoms. The van der Waals surface area contributed by atoms with Crippen LogP contribution in [0.1, 0.15) is 0 Å². The summed E-state index contributed by atoms with van der Waals surface area (Å²) in [6.45, 7) is 0. The van der Waals surface area contributed by atoms with Gasteiger partial charge in [-0.2, -0.15) is 0 Å². The van der Waals surface area contributed by atoms with Crippen LogP contribution in [-0.4, -0.2) is 14.5 Å². The van der Waals surface area contributed by atoms with Gasteiger partial charge in [-0.1, -0.05) is 29.8 Å². The van der Waals surface area contributed by atoms with Crippen LogP contribution in [0.2, 0.25) is 4.34 Å². The fraction of sp³-hybridized carbons (Fsp3) is 0. The summed E-state index contributed by atoms with van der Waals surface area (Å²) in [5.74, 6) is 0.652. The van der Waals surface area contributed by atoms with Crippen LogP contribution in [0.3, 0.4) is 0 Å². The number of rotatable bonds is 2. The van der Waals surface area contributed by atoms with E-state index in [0.29, 0.717) is 5.95 Å². The van der Waals surface area contributed by atoms with Gasteiger partial charge < -0.3 is 0 Å². The lowest BCUT2D eigenvalue weighted by molar-refractivity contribution is 0.969. The third-order valence-electron chi connectivity index (χ3n) is 3.36. The number of nitrogens with zero attached hydrogens (tertiary/aromatic N) is 3. The molecule has 0 aliphatic rings. The first-order chi connectivity index (χ1) is 10.7. The van der Waals surface area contributed by atoms with Crippen LogP contribution >= 0.6 is 38.9 Å². The van der Waals surface area contributed by atoms with Gasteiger partial charge >= 0.3 is 0 Å². The first-order valence-corrected chi connectivity index (χ1v) is 8.56. The van der Waals surface area contributed by atoms with E-state index in [1.807, 2.05) is 24.3 Å². The fourth-order valence-electron chi connectivity index (χ4n) is 2.43. The van der Waals surface area contributed by atoms with Gasteiger partial charge in [0, 0.05) is 22.3 Å². The first-order valence-electron chi connectivity index (χ1n) is 6.57. The average molecular weight is 391 g/mol. The third kappa shape index (κ3) is 2.26. The summed E-state index contributed by atoms with van der Waals surface area (Å²) >= 11 is 11.2. The van der Waals surface area contributed by atoms with Gasteiger partial charge in [0.1, 0.15) is 4.34 Å². The van der Waals surface area contributed by atoms with Gasteiger partial charge in [-0.3, -0.25) is 4.57 Å². The van der Waals surface area contributed by atoms with E-state index in [9.17, 15) is 0 Å². The van der Waals surface area contributed by atoms with Crippen LogP contribution < -0.4 is 0 Å². The van der Waals surface area contributed by atoms with Crippen LogP contribution in [0.4, 0.5) is 0 Å². The minimum absolute atomic E-state index is 0.652. The highest BCUT2D eigenvalue weighted by Crippen LogP contribution is 2.40. The Morgan fingerprint density at radius 3 is 2.55 bits per heavy atom. The zero-order valence-corrected chi connectivity index (χ0v) is 14.4. The van der Waals surface area contributed by atoms with E-state index in [0.717, 1.165) is 30.3 Å². The Morgan fingerprint density at radius 1 is 1.05 bits per heavy atom. The molecule has 4 aromatic rings. The predicted molar refractivity (Wildman–Crippen MR) is 94.9 cm³/mol. The topological polar surface area (TPSA) is 30.7 Å². The van der Waals surface area contributed by atoms with Crippen molar-refractivity contribution in [1.82, 2.24) is 14.5 Å². The first kappa shape index (κ1) is 13.9. The summed E-state index contributed by atoms with van der Waals surface area (Å²) in [4.78, 5) is 9.87. The quantitative estimate of drug-likeness (QED) is 0.448. The normalized spacial score (nSPS) is 11.2. The molecule has 3 heterocycles. The highest BCUT2D eigenvalue weighted by Gasteiger charge is 2.16. The SMILES string of the molecule is Clc1sc(-c2cc3ccccc3n2-c2ncccn2)cc1Br. The molecule has 1 aromatic carbocycles. The summed E-state index contributed by atoms with van der Waals surface area (Å²) < 4.78 is 3.70. The van der Waals surface area contributed by atoms with Crippen LogP contribution in [0.5, 0.6) is 0 Å². The lowest BCUT2D eigenvalue weighted by Gasteiger charge is -2.07. The molecule has 0 amide bonds. The van der Waals surface area contributed by atoms with Gasteiger partial charge in [0.05, 0.1) is 16.1 Å². The van der Waals surface area contributed by atoms with Crippen molar-refractivity contribution in [2.45, 2.75) is 0 Å². The molecule has 0 unspecified atom stereocenters. The molecule has 0 radical (unpaired) electrons. The summed E-state index contributed by atoms with van der Waals surface area (Å²) in [6.07, 6.45) is 3.50. The second kappa shape index (κ2) is 5.50. The number of hydrogen-bond acceptors (Lipinski definition) is 3. The van der Waals surface area contributed by atoms with Crippen molar-refractivity contribution in [3.05, 3.63) is 63.7 Å². The second-order valence-electron chi connectivity index (χ2n) is 4.70. The van der Waals surface area contributed by atoms with E-state index in [1.165, 1.54) is 11.3 Å². The molecule has 0 aliphatic heterocycles. The van der Waals surface area contributed by atoms with Crippen molar-refractivity contribution in [1.29, 1.82) is 0 Å². The van der Waals surface area contributed by atoms with Crippen molar-refractivity contribution in [2.75, 3.05) is 0 Å². The van der Waals surface area contributed by atoms with Gasteiger partial charge in [0.15, 0.2) is 0 Å². The second-order valence-corrected chi connectivity index (χ2v) is 7.21. The molecular weight excluding hydrogens is 382 g/mol. The molecule has 0 atom stereocenters. The van der Waals surface area contributed by atoms with Crippen molar-refractivity contribution in [2.24, 2.45) is 0 Å². The molecule has 0 aliphatic carbocycles. The standard InChI is InChI=1S/C16H9BrClN3S/c17-11-9-14(22-15(11)18)13-8-10-4-1-2-5-12(10)21(13)16-19-6-3-7-20-16/h1-9H. The average Bonchev–Trinajstić information content (AvgIpc) is 3.09. The van der Waals surface area contributed by atoms with Crippen molar-refractivity contribution in [3.63, 3.8) is 0 Å². The summed E-state index contributed by atoms with van der Waals surface area (Å²) in [7, 11) is 0. The maximum atomic E-state index is 6.21. The molecule has 0 fully saturated rings. The predicted octanol–water partition coefficient (Wildman–Crippen LogP) is 5.56. The molecule has 0 bridgehead atoms. The summed E-state index contributed by atoms with van der Waals surface area (Å²) in [5.41, 5.74) is 2.11. The van der Waals surface area contributed by atoms with Crippen LogP contribution in [0, 0.1) is 0 Å². The van der Waals surface area contributed by atoms with E-state index in [2.05, 4.69) is 48.7 Å². The van der Waals surface area contributed by atoms with Gasteiger partial charge in [-0.05, 0) is 40.2 Å². The number of para-hydroxylation sites is 1. The number of fused-ring (bicyclic) bond motifs is 1. The van der Waals surface area contributed by atoms with Crippen molar-refractivity contribution < 1.29 is 0 Å². The van der Waals surface area contributed by atoms with Crippen LogP contribution in [0.25, 0.3) is 27.4 Å². The van der Waals surface area contributed by atoms with Gasteiger partial charge in [-0.15, -0.1) is 11.3 Å². The highest BCUT2D eigenvalue weighted by molar-refractivity contribution is 9.10. The molecule has 3 nitrogen and oxygen atoms in total. The molecule has 0 saturated heterocycles. The minimum atomic E-state index is 0.652. The van der Waals surface area contributed by atoms with E-state index >= 15 is 0 Å². The molecule has 0 saturated carbocycles. The molecule has 0 N–H and O–H groups in total. The number of halogens is 2. The Hall–Kier alpha value is -1.69. The van der Waals surface area contributed by atoms with Gasteiger partial charge in [0.25, 0.3) is 0 Å². The fourth-order valence-corrected chi connectivity index (χ4v) is 4.14. The molecular formula is C16H9BrClN3S. The molecule has 0 spiro atoms. The molecule has 3 aromatic heterocycles. The highest BCUT2D eigenvalue weighted by atomic mass is 79.9. The van der Waals surface area contributed by atoms with E-state index in [-0.39, 0.29) is 0 Å². The monoisotopic (exact) mass is 389 g/mol. The largest absolute Gasteiger partial charge is 0.277 e. The van der Waals surface area contributed by atoms with Crippen LogP contribution in [-0.2, 0) is 0 Å². The Balaban J connectivity index is 2.06. The summed E-state index contributed by atoms with van der Waals surface area (Å²) in [6, 6.07) is 14.2. The zero-order valence-electron chi connectivity index (χ0n) is 11.2. The van der Waals surface area contributed by atoms with Crippen LogP contribution in [0.15, 0.2) is 59.3 Å². The minimum Gasteiger partial charge on any atom is -0.277 e. The number of benzene rings is 1. The van der Waals surface area contributed by atoms with Crippen molar-refractivity contribution in [3.8, 4) is 16.5 Å². The number of hydrogen-bond donors (Lipinski definition) is 0. The van der Waals surface area contributed by atoms with E-state index in [1.54, 1.807) is 12.4 Å². The van der Waals surface area contributed by atoms with E-state index < -0.39 is 0 Å². The lowest BCUT2D eigenvalue weighted by Crippen LogP contribution is -2.01. The number of aromatic nitrogens is 3. The smallest absolute Gasteiger partial charge is 0.234 e. The van der Waals surface area contributed by atoms with Crippen molar-refractivity contribution >= 4 is 49.8 Å². The Kier molecular flexibility index (Phi) is 3.48. The van der Waals surface area contributed by atoms with E-state index in [4.69, 9.17) is 11.6 Å². The Morgan fingerprint density at radius 2 is 1.82 bits per heavy atom.